The van der Waals surface area contributed by atoms with E-state index in [1.807, 2.05) is 77.9 Å². The molecule has 0 radical (unpaired) electrons. The molecular weight excluding hydrogens is 1950 g/mol. The number of carbonyl (C=O) groups is 9. The summed E-state index contributed by atoms with van der Waals surface area (Å²) in [5, 5.41) is 14.4. The van der Waals surface area contributed by atoms with Crippen LogP contribution in [-0.4, -0.2) is 421 Å². The number of Topliss-reactive ketones (excluding diaryl/α,β-unsaturated/α-hetero) is 2. The molecule has 0 unspecified atom stereocenters. The fourth-order valence-electron chi connectivity index (χ4n) is 14.3. The van der Waals surface area contributed by atoms with Crippen LogP contribution >= 0.6 is 11.6 Å². The third kappa shape index (κ3) is 70.4. The van der Waals surface area contributed by atoms with Crippen LogP contribution in [0.3, 0.4) is 0 Å². The number of cyclic esters (lactones) is 2. The van der Waals surface area contributed by atoms with E-state index < -0.39 is 77.5 Å². The highest BCUT2D eigenvalue weighted by Gasteiger charge is 2.48. The van der Waals surface area contributed by atoms with Crippen molar-refractivity contribution >= 4 is 64.6 Å². The Morgan fingerprint density at radius 2 is 0.851 bits per heavy atom. The van der Waals surface area contributed by atoms with Gasteiger partial charge in [-0.1, -0.05) is 95.1 Å². The van der Waals surface area contributed by atoms with Crippen molar-refractivity contribution in [2.45, 2.75) is 175 Å². The second kappa shape index (κ2) is 89.4. The average molecular weight is 2130 g/mol. The largest absolute Gasteiger partial charge is 0.459 e. The average Bonchev–Trinajstić information content (AvgIpc) is 1.63. The number of esters is 2. The van der Waals surface area contributed by atoms with Gasteiger partial charge in [-0.2, -0.15) is 0 Å². The number of aryl methyl sites for hydroxylation is 2. The number of hydrogen-bond acceptors (Lipinski definition) is 36. The summed E-state index contributed by atoms with van der Waals surface area (Å²) in [7, 11) is 3.16. The van der Waals surface area contributed by atoms with E-state index in [1.54, 1.807) is 33.1 Å². The molecule has 0 aromatic heterocycles. The first-order valence-electron chi connectivity index (χ1n) is 52.7. The number of epoxide rings is 1. The van der Waals surface area contributed by atoms with Crippen molar-refractivity contribution in [2.75, 3.05) is 338 Å². The smallest absolute Gasteiger partial charge is 0.347 e. The number of methoxy groups -OCH3 is 1. The van der Waals surface area contributed by atoms with E-state index in [2.05, 4.69) is 26.6 Å². The summed E-state index contributed by atoms with van der Waals surface area (Å²) in [6.07, 6.45) is 2.83. The molecule has 4 rings (SSSR count). The zero-order valence-corrected chi connectivity index (χ0v) is 90.6. The van der Waals surface area contributed by atoms with Crippen LogP contribution in [-0.2, 0) is 184 Å². The number of ether oxygens (including phenoxy) is 27. The van der Waals surface area contributed by atoms with E-state index in [0.29, 0.717) is 353 Å². The monoisotopic (exact) mass is 2130 g/mol. The number of benzene rings is 2. The van der Waals surface area contributed by atoms with Gasteiger partial charge in [-0.25, -0.2) is 4.79 Å². The molecule has 0 bridgehead atoms. The zero-order chi connectivity index (χ0) is 107. The van der Waals surface area contributed by atoms with Gasteiger partial charge in [0.1, 0.15) is 24.0 Å². The van der Waals surface area contributed by atoms with Crippen molar-refractivity contribution in [3.05, 3.63) is 81.9 Å². The zero-order valence-electron chi connectivity index (χ0n) is 89.9. The molecule has 1 saturated heterocycles. The summed E-state index contributed by atoms with van der Waals surface area (Å²) < 4.78 is 151. The van der Waals surface area contributed by atoms with Crippen molar-refractivity contribution in [2.24, 2.45) is 29.1 Å². The molecule has 5 amide bonds. The molecule has 2 aromatic rings. The standard InChI is InChI=1S/C106H178ClN5O36/c1-82(2)77-95-104(120)146-94(16-13-18-98(117)111-91(79-87-21-20-84(5)90(107)78-87)103(119)110-81-106(7,8)105(121)147-95)85(6)101-102(148-101)88-25-22-86(23-26-88)24-27-92(113)89(80-93(114)100(83(3)4)112-99(118)19-14-17-96(115)108-9)15-11-12-29-109-97(116)28-30-123-33-34-125-37-38-127-41-42-129-45-46-131-49-50-133-53-54-135-57-58-137-61-62-139-65-66-141-69-70-143-73-74-145-76-75-144-72-71-142-68-67-140-64-63-138-60-59-136-56-55-134-52-51-132-48-47-130-44-43-128-40-39-126-36-35-124-32-31-122-10/h13,18,20-23,25-26,78,82-83,85,89,91,94-95,100-102H,11-12,14-17,19,24,27-77,79-81H2,1-10H3,(H,108,115)(H,109,116)(H,110,119)(H,111,117)(H,112,118)/b18-13+/t85-,89+,91+,94-,95-,100-,101+,102+/m0/s1. The van der Waals surface area contributed by atoms with Crippen molar-refractivity contribution < 1.29 is 171 Å². The number of hydrogen-bond donors (Lipinski definition) is 5. The summed E-state index contributed by atoms with van der Waals surface area (Å²) in [6, 6.07) is 11.2. The molecule has 2 heterocycles. The Hall–Kier alpha value is -6.90. The van der Waals surface area contributed by atoms with Gasteiger partial charge in [-0.05, 0) is 99.1 Å². The molecule has 42 heteroatoms. The first-order valence-corrected chi connectivity index (χ1v) is 53.0. The van der Waals surface area contributed by atoms with Gasteiger partial charge in [-0.15, -0.1) is 0 Å². The summed E-state index contributed by atoms with van der Waals surface area (Å²) in [6.45, 7) is 35.9. The van der Waals surface area contributed by atoms with E-state index in [4.69, 9.17) is 139 Å². The normalized spacial score (nSPS) is 17.0. The van der Waals surface area contributed by atoms with Gasteiger partial charge >= 0.3 is 11.9 Å². The van der Waals surface area contributed by atoms with Crippen LogP contribution in [0.2, 0.25) is 5.02 Å². The number of ketones is 2. The van der Waals surface area contributed by atoms with E-state index in [9.17, 15) is 43.2 Å². The molecule has 5 N–H and O–H groups in total. The maximum Gasteiger partial charge on any atom is 0.347 e. The van der Waals surface area contributed by atoms with Gasteiger partial charge in [0.25, 0.3) is 0 Å². The molecule has 41 nitrogen and oxygen atoms in total. The lowest BCUT2D eigenvalue weighted by atomic mass is 9.85. The Bertz CT molecular complexity index is 3770. The number of carbonyl (C=O) groups excluding carboxylic acids is 9. The first-order chi connectivity index (χ1) is 71.9. The van der Waals surface area contributed by atoms with Crippen molar-refractivity contribution in [3.63, 3.8) is 0 Å². The highest BCUT2D eigenvalue weighted by atomic mass is 35.5. The van der Waals surface area contributed by atoms with E-state index >= 15 is 0 Å². The van der Waals surface area contributed by atoms with Crippen LogP contribution in [0.15, 0.2) is 54.6 Å². The van der Waals surface area contributed by atoms with Crippen LogP contribution in [0.4, 0.5) is 0 Å². The third-order valence-electron chi connectivity index (χ3n) is 23.0. The number of halogens is 1. The van der Waals surface area contributed by atoms with E-state index in [0.717, 1.165) is 16.7 Å². The van der Waals surface area contributed by atoms with Crippen molar-refractivity contribution in [1.82, 2.24) is 26.6 Å². The minimum Gasteiger partial charge on any atom is -0.459 e. The second-order valence-corrected chi connectivity index (χ2v) is 36.9. The fraction of sp³-hybridized carbons (Fsp3) is 0.783. The summed E-state index contributed by atoms with van der Waals surface area (Å²) in [5.74, 6) is -5.13. The number of rotatable bonds is 97. The minimum absolute atomic E-state index is 0.0529. The predicted octanol–water partition coefficient (Wildman–Crippen LogP) is 7.26. The molecule has 0 aliphatic carbocycles. The van der Waals surface area contributed by atoms with E-state index in [1.165, 1.54) is 13.1 Å². The fourth-order valence-corrected chi connectivity index (χ4v) is 14.5. The maximum absolute atomic E-state index is 14.3. The third-order valence-corrected chi connectivity index (χ3v) is 23.4. The Kier molecular flexibility index (Phi) is 80.6. The van der Waals surface area contributed by atoms with Gasteiger partial charge in [0.05, 0.1) is 328 Å². The van der Waals surface area contributed by atoms with Gasteiger partial charge in [0, 0.05) is 89.1 Å². The molecule has 0 spiro atoms. The number of unbranched alkanes of at least 4 members (excludes halogenated alkanes) is 1. The topological polar surface area (TPSA) is 466 Å². The van der Waals surface area contributed by atoms with Crippen LogP contribution < -0.4 is 26.6 Å². The molecule has 1 fully saturated rings. The highest BCUT2D eigenvalue weighted by Crippen LogP contribution is 2.45. The lowest BCUT2D eigenvalue weighted by molar-refractivity contribution is -0.179. The minimum atomic E-state index is -1.28. The summed E-state index contributed by atoms with van der Waals surface area (Å²) >= 11 is 6.44. The summed E-state index contributed by atoms with van der Waals surface area (Å²) in [5.41, 5.74) is 1.99. The Balaban J connectivity index is 0.931. The Morgan fingerprint density at radius 3 is 1.24 bits per heavy atom. The molecule has 0 saturated carbocycles. The molecule has 850 valence electrons. The van der Waals surface area contributed by atoms with Gasteiger partial charge in [-0.3, -0.25) is 38.4 Å². The molecule has 2 aliphatic heterocycles. The highest BCUT2D eigenvalue weighted by molar-refractivity contribution is 6.31. The van der Waals surface area contributed by atoms with Crippen LogP contribution in [0.25, 0.3) is 0 Å². The lowest BCUT2D eigenvalue weighted by Gasteiger charge is -2.29. The van der Waals surface area contributed by atoms with Crippen LogP contribution in [0.1, 0.15) is 147 Å². The van der Waals surface area contributed by atoms with Crippen LogP contribution in [0.5, 0.6) is 0 Å². The molecular formula is C106H178ClN5O36. The number of nitrogens with one attached hydrogen (secondary N) is 5. The van der Waals surface area contributed by atoms with Crippen LogP contribution in [0, 0.1) is 36.0 Å². The SMILES string of the molecule is CNC(=O)CCCC(=O)N[C@H](C(=O)C[C@@H](CCCCNC(=O)CCOCCOCCOCCOCCOCCOCCOCCOCCOCCOCCOCCOCCOCCOCCOCCOCCOCCOCCOCCOCCOCCOCCOCCOC)C(=O)CCc1ccc([C@H]2O[C@@H]2[C@@H](C)[C@@H]2C/C=C/C(=O)N[C@H](Cc3ccc(C)c(Cl)c3)C(=O)NCC(C)(C)C(=O)O[C@@H](CC(C)C)C(=O)O2)cc1)C(C)C. The molecule has 8 atom stereocenters. The Labute approximate surface area is 882 Å². The molecule has 2 aliphatic rings. The van der Waals surface area contributed by atoms with Crippen molar-refractivity contribution in [1.29, 1.82) is 0 Å². The van der Waals surface area contributed by atoms with Crippen molar-refractivity contribution in [3.8, 4) is 0 Å². The number of amides is 5. The second-order valence-electron chi connectivity index (χ2n) is 36.5. The maximum atomic E-state index is 14.3. The van der Waals surface area contributed by atoms with Gasteiger partial charge in [0.2, 0.25) is 29.5 Å². The van der Waals surface area contributed by atoms with Gasteiger partial charge < -0.3 is 154 Å². The first kappa shape index (κ1) is 133. The quantitative estimate of drug-likeness (QED) is 0.0247. The predicted molar refractivity (Wildman–Crippen MR) is 548 cm³/mol. The Morgan fingerprint density at radius 1 is 0.459 bits per heavy atom. The lowest BCUT2D eigenvalue weighted by Crippen LogP contribution is -2.51. The van der Waals surface area contributed by atoms with E-state index in [-0.39, 0.29) is 106 Å². The molecule has 148 heavy (non-hydrogen) atoms. The van der Waals surface area contributed by atoms with Gasteiger partial charge in [0.15, 0.2) is 11.9 Å². The molecule has 2 aromatic carbocycles. The summed E-state index contributed by atoms with van der Waals surface area (Å²) in [4.78, 5) is 122.